The molecule has 0 N–H and O–H groups in total. The summed E-state index contributed by atoms with van der Waals surface area (Å²) in [6, 6.07) is -0.651. The molecule has 0 unspecified atom stereocenters. The molecule has 0 aliphatic carbocycles. The van der Waals surface area contributed by atoms with Crippen LogP contribution in [0.5, 0.6) is 0 Å². The topological polar surface area (TPSA) is 81.2 Å². The van der Waals surface area contributed by atoms with E-state index in [0.29, 0.717) is 0 Å². The van der Waals surface area contributed by atoms with Crippen molar-refractivity contribution in [3.05, 3.63) is 0 Å². The molecule has 0 aromatic rings. The van der Waals surface area contributed by atoms with Gasteiger partial charge in [-0.15, -0.1) is 0 Å². The van der Waals surface area contributed by atoms with Gasteiger partial charge in [-0.25, -0.2) is 9.59 Å². The van der Waals surface area contributed by atoms with Crippen LogP contribution in [0.15, 0.2) is 0 Å². The smallest absolute Gasteiger partial charge is 0.296 e. The molecule has 4 saturated heterocycles. The van der Waals surface area contributed by atoms with Crippen LogP contribution >= 0.6 is 0 Å². The van der Waals surface area contributed by atoms with E-state index in [4.69, 9.17) is 0 Å². The van der Waals surface area contributed by atoms with Gasteiger partial charge in [0.25, 0.3) is 0 Å². The van der Waals surface area contributed by atoms with Crippen molar-refractivity contribution in [3.8, 4) is 0 Å². The van der Waals surface area contributed by atoms with Gasteiger partial charge in [0.1, 0.15) is 0 Å². The fourth-order valence-electron chi connectivity index (χ4n) is 3.27. The second kappa shape index (κ2) is 2.82. The zero-order valence-corrected chi connectivity index (χ0v) is 9.40. The van der Waals surface area contributed by atoms with Crippen molar-refractivity contribution in [2.24, 2.45) is 0 Å². The van der Waals surface area contributed by atoms with Gasteiger partial charge in [0, 0.05) is 0 Å². The van der Waals surface area contributed by atoms with Gasteiger partial charge >= 0.3 is 12.1 Å². The molecular weight excluding hydrogens is 240 g/mol. The summed E-state index contributed by atoms with van der Waals surface area (Å²) in [6.07, 6.45) is -0.813. The second-order valence-electron chi connectivity index (χ2n) is 4.98. The Morgan fingerprint density at radius 1 is 0.611 bits per heavy atom. The number of hydrogen-bond acceptors (Lipinski definition) is 4. The highest BCUT2D eigenvalue weighted by atomic mass is 16.2. The van der Waals surface area contributed by atoms with Gasteiger partial charge in [-0.3, -0.25) is 29.2 Å². The molecule has 4 rings (SSSR count). The molecule has 4 amide bonds. The van der Waals surface area contributed by atoms with Crippen LogP contribution in [0.2, 0.25) is 0 Å². The van der Waals surface area contributed by atoms with Crippen molar-refractivity contribution < 1.29 is 19.2 Å². The summed E-state index contributed by atoms with van der Waals surface area (Å²) in [4.78, 5) is 53.0. The van der Waals surface area contributed by atoms with Crippen molar-refractivity contribution in [2.75, 3.05) is 26.2 Å². The lowest BCUT2D eigenvalue weighted by Gasteiger charge is -2.34. The Kier molecular flexibility index (Phi) is 1.55. The molecular formula is C10H10N4O4. The summed E-state index contributed by atoms with van der Waals surface area (Å²) >= 11 is 0. The lowest BCUT2D eigenvalue weighted by atomic mass is 10.2. The minimum atomic E-state index is -0.407. The summed E-state index contributed by atoms with van der Waals surface area (Å²) < 4.78 is 0. The lowest BCUT2D eigenvalue weighted by Crippen LogP contribution is -2.57. The minimum Gasteiger partial charge on any atom is -0.296 e. The molecule has 18 heavy (non-hydrogen) atoms. The van der Waals surface area contributed by atoms with Crippen LogP contribution in [-0.4, -0.2) is 81.7 Å². The van der Waals surface area contributed by atoms with Gasteiger partial charge in [-0.1, -0.05) is 0 Å². The second-order valence-corrected chi connectivity index (χ2v) is 4.98. The standard InChI is InChI=1S/C10H10N4O4/c15-5-1-11-7-8-13(9(11)17)3-6(16)4-14(8)10(18)12(7)2-5/h7-8H,1-4H2. The number of urea groups is 2. The van der Waals surface area contributed by atoms with E-state index in [1.807, 2.05) is 0 Å². The van der Waals surface area contributed by atoms with Gasteiger partial charge in [0.15, 0.2) is 23.9 Å². The third-order valence-electron chi connectivity index (χ3n) is 3.91. The Hall–Kier alpha value is -2.12. The van der Waals surface area contributed by atoms with Crippen molar-refractivity contribution >= 4 is 23.6 Å². The van der Waals surface area contributed by atoms with E-state index < -0.39 is 12.3 Å². The molecule has 0 aromatic heterocycles. The molecule has 0 bridgehead atoms. The number of rotatable bonds is 0. The molecule has 4 fully saturated rings. The first kappa shape index (κ1) is 9.86. The Labute approximate surface area is 102 Å². The van der Waals surface area contributed by atoms with Crippen LogP contribution in [0.25, 0.3) is 0 Å². The van der Waals surface area contributed by atoms with Crippen molar-refractivity contribution in [3.63, 3.8) is 0 Å². The van der Waals surface area contributed by atoms with Gasteiger partial charge in [-0.2, -0.15) is 0 Å². The first-order chi connectivity index (χ1) is 8.58. The van der Waals surface area contributed by atoms with E-state index >= 15 is 0 Å². The first-order valence-electron chi connectivity index (χ1n) is 5.76. The molecule has 0 aromatic carbocycles. The Bertz CT molecular complexity index is 436. The summed E-state index contributed by atoms with van der Waals surface area (Å²) in [5.74, 6) is -0.301. The highest BCUT2D eigenvalue weighted by Crippen LogP contribution is 2.38. The number of hydrogen-bond donors (Lipinski definition) is 0. The maximum absolute atomic E-state index is 12.1. The van der Waals surface area contributed by atoms with Gasteiger partial charge in [-0.05, 0) is 0 Å². The third-order valence-corrected chi connectivity index (χ3v) is 3.91. The Balaban J connectivity index is 1.84. The molecule has 4 heterocycles. The molecule has 8 heteroatoms. The number of carbonyl (C=O) groups excluding carboxylic acids is 4. The summed E-state index contributed by atoms with van der Waals surface area (Å²) in [6.45, 7) is 0.120. The molecule has 4 aliphatic rings. The van der Waals surface area contributed by atoms with E-state index in [9.17, 15) is 19.2 Å². The average Bonchev–Trinajstić information content (AvgIpc) is 2.75. The highest BCUT2D eigenvalue weighted by molar-refractivity contribution is 5.99. The number of nitrogens with zero attached hydrogens (tertiary/aromatic N) is 4. The molecule has 0 atom stereocenters. The summed E-state index contributed by atoms with van der Waals surface area (Å²) in [5.41, 5.74) is 0. The maximum Gasteiger partial charge on any atom is 0.324 e. The zero-order chi connectivity index (χ0) is 12.6. The predicted octanol–water partition coefficient (Wildman–Crippen LogP) is -1.72. The number of carbonyl (C=O) groups is 4. The monoisotopic (exact) mass is 250 g/mol. The van der Waals surface area contributed by atoms with Gasteiger partial charge in [0.05, 0.1) is 26.2 Å². The minimum absolute atomic E-state index is 0.0301. The van der Waals surface area contributed by atoms with Crippen molar-refractivity contribution in [1.29, 1.82) is 0 Å². The Morgan fingerprint density at radius 3 is 1.17 bits per heavy atom. The van der Waals surface area contributed by atoms with E-state index in [1.54, 1.807) is 0 Å². The zero-order valence-electron chi connectivity index (χ0n) is 9.40. The molecule has 94 valence electrons. The van der Waals surface area contributed by atoms with Crippen LogP contribution in [-0.2, 0) is 9.59 Å². The maximum atomic E-state index is 12.1. The van der Waals surface area contributed by atoms with E-state index in [2.05, 4.69) is 0 Å². The van der Waals surface area contributed by atoms with Crippen molar-refractivity contribution in [1.82, 2.24) is 19.6 Å². The van der Waals surface area contributed by atoms with Crippen LogP contribution in [0, 0.1) is 0 Å². The van der Waals surface area contributed by atoms with Crippen molar-refractivity contribution in [2.45, 2.75) is 12.3 Å². The fraction of sp³-hybridized carbons (Fsp3) is 0.600. The normalized spacial score (nSPS) is 33.8. The van der Waals surface area contributed by atoms with Gasteiger partial charge in [0.2, 0.25) is 0 Å². The summed E-state index contributed by atoms with van der Waals surface area (Å²) in [5, 5.41) is 0. The van der Waals surface area contributed by atoms with Crippen LogP contribution in [0.3, 0.4) is 0 Å². The number of Topliss-reactive ketones (excluding diaryl/α,β-unsaturated/α-hetero) is 2. The number of amides is 4. The third kappa shape index (κ3) is 0.925. The molecule has 0 spiro atoms. The molecule has 0 radical (unpaired) electrons. The predicted molar refractivity (Wildman–Crippen MR) is 55.2 cm³/mol. The fourth-order valence-corrected chi connectivity index (χ4v) is 3.27. The van der Waals surface area contributed by atoms with E-state index in [0.717, 1.165) is 0 Å². The highest BCUT2D eigenvalue weighted by Gasteiger charge is 2.63. The SMILES string of the molecule is O=C1CN2C(=O)N3CC(=O)CN4C(=O)N(C1)C2C34. The van der Waals surface area contributed by atoms with Crippen LogP contribution in [0.4, 0.5) is 9.59 Å². The van der Waals surface area contributed by atoms with E-state index in [1.165, 1.54) is 19.6 Å². The molecule has 0 saturated carbocycles. The van der Waals surface area contributed by atoms with Crippen LogP contribution < -0.4 is 0 Å². The van der Waals surface area contributed by atoms with Crippen LogP contribution in [0.1, 0.15) is 0 Å². The molecule has 4 aliphatic heterocycles. The quantitative estimate of drug-likeness (QED) is 0.512. The summed E-state index contributed by atoms with van der Waals surface area (Å²) in [7, 11) is 0. The largest absolute Gasteiger partial charge is 0.324 e. The van der Waals surface area contributed by atoms with E-state index in [-0.39, 0.29) is 49.8 Å². The molecule has 8 nitrogen and oxygen atoms in total. The lowest BCUT2D eigenvalue weighted by molar-refractivity contribution is -0.126. The number of ketones is 2. The average molecular weight is 250 g/mol. The van der Waals surface area contributed by atoms with Gasteiger partial charge < -0.3 is 0 Å². The first-order valence-corrected chi connectivity index (χ1v) is 5.76. The Morgan fingerprint density at radius 2 is 0.889 bits per heavy atom.